The summed E-state index contributed by atoms with van der Waals surface area (Å²) >= 11 is 0. The molecule has 0 rings (SSSR count). The Balaban J connectivity index is -0.000000112. The number of carbonyl (C=O) groups is 1. The van der Waals surface area contributed by atoms with Crippen molar-refractivity contribution in [3.05, 3.63) is 12.7 Å². The minimum atomic E-state index is -5.58. The molecule has 0 amide bonds. The van der Waals surface area contributed by atoms with Crippen LogP contribution in [-0.2, 0) is 13.9 Å². The first-order chi connectivity index (χ1) is 12.1. The summed E-state index contributed by atoms with van der Waals surface area (Å²) in [6.07, 6.45) is 3.84. The molecule has 12 nitrogen and oxygen atoms in total. The fourth-order valence-electron chi connectivity index (χ4n) is 1.54. The van der Waals surface area contributed by atoms with Crippen LogP contribution in [0.3, 0.4) is 0 Å². The molecule has 0 aromatic rings. The first-order valence-corrected chi connectivity index (χ1v) is 11.2. The Morgan fingerprint density at radius 1 is 1.17 bits per heavy atom. The van der Waals surface area contributed by atoms with Gasteiger partial charge in [-0.1, -0.05) is 25.8 Å². The first-order valence-electron chi connectivity index (χ1n) is 8.02. The molecule has 0 saturated carbocycles. The molecular weight excluding hydrogens is 466 g/mol. The molecule has 0 saturated heterocycles. The second kappa shape index (κ2) is 23.5. The van der Waals surface area contributed by atoms with Crippen LogP contribution in [0.15, 0.2) is 12.7 Å². The third-order valence-electron chi connectivity index (χ3n) is 3.02. The van der Waals surface area contributed by atoms with E-state index in [0.717, 1.165) is 19.3 Å². The average Bonchev–Trinajstić information content (AvgIpc) is 2.52. The number of hydrogen-bond donors (Lipinski definition) is 5. The van der Waals surface area contributed by atoms with Crippen LogP contribution in [-0.4, -0.2) is 73.1 Å². The van der Waals surface area contributed by atoms with Crippen LogP contribution >= 0.6 is 15.2 Å². The molecule has 2 unspecified atom stereocenters. The van der Waals surface area contributed by atoms with E-state index in [1.54, 1.807) is 18.0 Å². The number of unbranched alkanes of at least 4 members (excludes halogenated alkanes) is 2. The second-order valence-electron chi connectivity index (χ2n) is 5.54. The van der Waals surface area contributed by atoms with Crippen LogP contribution < -0.4 is 69.1 Å². The molecule has 0 aliphatic heterocycles. The molecule has 0 aromatic carbocycles. The molecule has 30 heavy (non-hydrogen) atoms. The van der Waals surface area contributed by atoms with Gasteiger partial charge in [0.05, 0.1) is 12.6 Å². The van der Waals surface area contributed by atoms with Gasteiger partial charge in [-0.2, -0.15) is 0 Å². The Labute approximate surface area is 222 Å². The van der Waals surface area contributed by atoms with E-state index < -0.39 is 39.3 Å². The topological polar surface area (TPSA) is 233 Å². The van der Waals surface area contributed by atoms with Crippen molar-refractivity contribution in [2.75, 3.05) is 26.7 Å². The van der Waals surface area contributed by atoms with Crippen LogP contribution in [0.2, 0.25) is 0 Å². The van der Waals surface area contributed by atoms with Crippen LogP contribution in [0.1, 0.15) is 39.5 Å². The van der Waals surface area contributed by atoms with Crippen molar-refractivity contribution in [2.45, 2.75) is 44.6 Å². The van der Waals surface area contributed by atoms with Gasteiger partial charge in [-0.25, -0.2) is 0 Å². The number of aliphatic hydroxyl groups excluding tert-OH is 1. The Bertz CT molecular complexity index is 492. The summed E-state index contributed by atoms with van der Waals surface area (Å²) in [7, 11) is -9.33. The summed E-state index contributed by atoms with van der Waals surface area (Å²) in [5.41, 5.74) is 0. The summed E-state index contributed by atoms with van der Waals surface area (Å²) in [5.74, 6) is -1.44. The zero-order valence-electron chi connectivity index (χ0n) is 18.4. The number of aliphatic hydroxyl groups is 2. The van der Waals surface area contributed by atoms with Crippen molar-refractivity contribution in [1.82, 2.24) is 4.90 Å². The van der Waals surface area contributed by atoms with E-state index >= 15 is 0 Å². The Morgan fingerprint density at radius 2 is 1.53 bits per heavy atom. The molecule has 0 bridgehead atoms. The van der Waals surface area contributed by atoms with Gasteiger partial charge in [0.1, 0.15) is 0 Å². The quantitative estimate of drug-likeness (QED) is 0.0819. The van der Waals surface area contributed by atoms with Gasteiger partial charge in [-0.15, -0.1) is 6.58 Å². The number of nitrogens with zero attached hydrogens (tertiary/aromatic N) is 1. The summed E-state index contributed by atoms with van der Waals surface area (Å²) in [5, 5.41) is 22.7. The second-order valence-corrected chi connectivity index (χ2v) is 9.50. The third-order valence-corrected chi connectivity index (χ3v) is 6.85. The number of rotatable bonds is 10. The van der Waals surface area contributed by atoms with Crippen molar-refractivity contribution in [3.63, 3.8) is 0 Å². The number of allylic oxidation sites excluding steroid dienone is 1. The van der Waals surface area contributed by atoms with Gasteiger partial charge >= 0.3 is 66.7 Å². The maximum Gasteiger partial charge on any atom is 1.00 e. The monoisotopic (exact) mass is 499 g/mol. The predicted octanol–water partition coefficient (Wildman–Crippen LogP) is -8.03. The van der Waals surface area contributed by atoms with Gasteiger partial charge in [-0.3, -0.25) is 4.57 Å². The van der Waals surface area contributed by atoms with E-state index in [1.807, 2.05) is 13.8 Å². The summed E-state index contributed by atoms with van der Waals surface area (Å²) < 4.78 is 22.1. The van der Waals surface area contributed by atoms with Crippen LogP contribution in [0, 0.1) is 0 Å². The van der Waals surface area contributed by atoms with Crippen LogP contribution in [0.5, 0.6) is 0 Å². The molecule has 0 aliphatic carbocycles. The van der Waals surface area contributed by atoms with Gasteiger partial charge in [-0.05, 0) is 26.9 Å². The molecule has 0 aliphatic rings. The Kier molecular flexibility index (Phi) is 35.2. The normalized spacial score (nSPS) is 13.8. The van der Waals surface area contributed by atoms with Gasteiger partial charge < -0.3 is 54.6 Å². The van der Waals surface area contributed by atoms with Crippen molar-refractivity contribution >= 4 is 21.2 Å². The SMILES string of the molecule is C=CC.CCCCCN(C)CCC(O)(P(=O)([O-])O)P(=O)(O)O.O.O=C([O-])CO.[Na+].[Na+]. The van der Waals surface area contributed by atoms with E-state index in [4.69, 9.17) is 29.7 Å². The predicted molar refractivity (Wildman–Crippen MR) is 100 cm³/mol. The van der Waals surface area contributed by atoms with E-state index in [2.05, 4.69) is 6.58 Å². The molecule has 16 heteroatoms. The molecule has 0 fully saturated rings. The summed E-state index contributed by atoms with van der Waals surface area (Å²) in [6, 6.07) is 0. The van der Waals surface area contributed by atoms with Gasteiger partial charge in [0.2, 0.25) is 5.08 Å². The number of aliphatic carboxylic acids is 1. The van der Waals surface area contributed by atoms with Gasteiger partial charge in [0.15, 0.2) is 7.60 Å². The molecule has 0 aromatic heterocycles. The smallest absolute Gasteiger partial charge is 0.776 e. The average molecular weight is 499 g/mol. The van der Waals surface area contributed by atoms with Crippen molar-refractivity contribution in [2.24, 2.45) is 0 Å². The van der Waals surface area contributed by atoms with Crippen molar-refractivity contribution in [1.29, 1.82) is 0 Å². The molecule has 0 radical (unpaired) electrons. The molecular formula is C14H33NNa2O11P2. The minimum absolute atomic E-state index is 0. The van der Waals surface area contributed by atoms with E-state index in [1.165, 1.54) is 0 Å². The molecule has 0 spiro atoms. The Morgan fingerprint density at radius 3 is 1.77 bits per heavy atom. The maximum atomic E-state index is 11.1. The molecule has 172 valence electrons. The summed E-state index contributed by atoms with van der Waals surface area (Å²) in [4.78, 5) is 48.3. The number of carbonyl (C=O) groups excluding carboxylic acids is 1. The van der Waals surface area contributed by atoms with E-state index in [-0.39, 0.29) is 71.1 Å². The largest absolute Gasteiger partial charge is 1.00 e. The third kappa shape index (κ3) is 22.5. The first kappa shape index (κ1) is 44.9. The standard InChI is InChI=1S/C9H23NO7P2.C3H6.C2H4O3.2Na.H2O/c1-3-4-5-7-10(2)8-6-9(11,18(12,13)14)19(15,16)17;1-3-2;3-1-2(4)5;;;/h11H,3-8H2,1-2H3,(H2,12,13,14)(H2,15,16,17);3H,1H2,2H3;3H,1H2,(H,4,5);;;1H2/q;;;2*+1;/p-2. The zero-order chi connectivity index (χ0) is 22.3. The fraction of sp³-hybridized carbons (Fsp3) is 0.786. The number of carboxylic acids is 1. The van der Waals surface area contributed by atoms with Gasteiger partial charge in [0, 0.05) is 13.0 Å². The fourth-order valence-corrected chi connectivity index (χ4v) is 3.63. The molecule has 2 atom stereocenters. The van der Waals surface area contributed by atoms with Crippen molar-refractivity contribution in [3.8, 4) is 0 Å². The molecule has 0 heterocycles. The number of carboxylic acid groups (broad SMARTS) is 1. The Hall–Kier alpha value is 1.35. The zero-order valence-corrected chi connectivity index (χ0v) is 24.1. The van der Waals surface area contributed by atoms with E-state index in [0.29, 0.717) is 6.54 Å². The minimum Gasteiger partial charge on any atom is -0.776 e. The van der Waals surface area contributed by atoms with Crippen molar-refractivity contribution < 1.29 is 113 Å². The van der Waals surface area contributed by atoms with Crippen LogP contribution in [0.25, 0.3) is 0 Å². The van der Waals surface area contributed by atoms with E-state index in [9.17, 15) is 19.1 Å². The van der Waals surface area contributed by atoms with Crippen LogP contribution in [0.4, 0.5) is 0 Å². The molecule has 7 N–H and O–H groups in total. The van der Waals surface area contributed by atoms with Gasteiger partial charge in [0.25, 0.3) is 0 Å². The summed E-state index contributed by atoms with van der Waals surface area (Å²) in [6.45, 7) is 6.93. The maximum absolute atomic E-state index is 11.1. The number of hydrogen-bond acceptors (Lipinski definition) is 8.